The van der Waals surface area contributed by atoms with E-state index in [9.17, 15) is 13.9 Å². The van der Waals surface area contributed by atoms with Crippen LogP contribution in [0.15, 0.2) is 48.8 Å². The largest absolute Gasteiger partial charge is 0.385 e. The summed E-state index contributed by atoms with van der Waals surface area (Å²) >= 11 is 0. The first-order valence-electron chi connectivity index (χ1n) is 8.79. The highest BCUT2D eigenvalue weighted by molar-refractivity contribution is 5.59. The Morgan fingerprint density at radius 2 is 1.74 bits per heavy atom. The zero-order valence-corrected chi connectivity index (χ0v) is 15.6. The Balaban J connectivity index is 1.74. The molecule has 0 saturated heterocycles. The van der Waals surface area contributed by atoms with Crippen molar-refractivity contribution in [2.45, 2.75) is 44.9 Å². The maximum atomic E-state index is 13.8. The van der Waals surface area contributed by atoms with Crippen LogP contribution in [0.1, 0.15) is 37.9 Å². The Hall–Kier alpha value is -2.60. The number of halogens is 2. The lowest BCUT2D eigenvalue weighted by Crippen LogP contribution is -2.25. The molecule has 0 spiro atoms. The maximum Gasteiger partial charge on any atom is 0.141 e. The summed E-state index contributed by atoms with van der Waals surface area (Å²) in [6, 6.07) is 10.3. The minimum absolute atomic E-state index is 0.213. The molecule has 0 amide bonds. The molecule has 1 unspecified atom stereocenters. The Labute approximate surface area is 157 Å². The lowest BCUT2D eigenvalue weighted by atomic mass is 9.91. The predicted octanol–water partition coefficient (Wildman–Crippen LogP) is 4.35. The number of H-pyrrole nitrogens is 1. The summed E-state index contributed by atoms with van der Waals surface area (Å²) in [4.78, 5) is 11.4. The van der Waals surface area contributed by atoms with Crippen LogP contribution in [0.3, 0.4) is 0 Å². The number of hydrogen-bond donors (Lipinski definition) is 2. The number of nitrogens with one attached hydrogen (secondary N) is 1. The van der Waals surface area contributed by atoms with Crippen LogP contribution in [0.4, 0.5) is 8.78 Å². The third kappa shape index (κ3) is 4.98. The number of alkyl halides is 1. The molecular formula is C21H23F2N3O. The lowest BCUT2D eigenvalue weighted by Gasteiger charge is -2.23. The maximum absolute atomic E-state index is 13.8. The van der Waals surface area contributed by atoms with E-state index >= 15 is 0 Å². The van der Waals surface area contributed by atoms with Crippen LogP contribution in [-0.4, -0.2) is 25.7 Å². The molecule has 2 aromatic heterocycles. The van der Waals surface area contributed by atoms with Gasteiger partial charge >= 0.3 is 0 Å². The lowest BCUT2D eigenvalue weighted by molar-refractivity contribution is 0.0556. The van der Waals surface area contributed by atoms with E-state index in [2.05, 4.69) is 15.0 Å². The van der Waals surface area contributed by atoms with Gasteiger partial charge in [0.15, 0.2) is 0 Å². The first-order chi connectivity index (χ1) is 12.6. The second-order valence-corrected chi connectivity index (χ2v) is 7.62. The Morgan fingerprint density at radius 1 is 1.04 bits per heavy atom. The van der Waals surface area contributed by atoms with Gasteiger partial charge in [0.25, 0.3) is 0 Å². The van der Waals surface area contributed by atoms with Crippen LogP contribution < -0.4 is 0 Å². The number of aromatic amines is 1. The van der Waals surface area contributed by atoms with Gasteiger partial charge in [-0.15, -0.1) is 0 Å². The van der Waals surface area contributed by atoms with E-state index in [1.165, 1.54) is 26.1 Å². The van der Waals surface area contributed by atoms with E-state index in [1.807, 2.05) is 24.3 Å². The SMILES string of the molecule is CC(C)(F)Cc1c[nH]c(CC(C)(O)c2ccc(-c3ccc(F)cn3)cc2)n1. The normalized spacial score (nSPS) is 14.1. The Morgan fingerprint density at radius 3 is 2.33 bits per heavy atom. The van der Waals surface area contributed by atoms with Gasteiger partial charge in [0.05, 0.1) is 23.2 Å². The molecule has 0 radical (unpaired) electrons. The van der Waals surface area contributed by atoms with Gasteiger partial charge in [0.1, 0.15) is 17.3 Å². The molecule has 27 heavy (non-hydrogen) atoms. The van der Waals surface area contributed by atoms with Crippen molar-refractivity contribution in [3.05, 3.63) is 71.7 Å². The quantitative estimate of drug-likeness (QED) is 0.677. The van der Waals surface area contributed by atoms with E-state index in [-0.39, 0.29) is 18.7 Å². The number of rotatable bonds is 6. The van der Waals surface area contributed by atoms with Gasteiger partial charge in [0.2, 0.25) is 0 Å². The summed E-state index contributed by atoms with van der Waals surface area (Å²) in [5.74, 6) is 0.218. The fraction of sp³-hybridized carbons (Fsp3) is 0.333. The third-order valence-corrected chi connectivity index (χ3v) is 4.33. The van der Waals surface area contributed by atoms with Gasteiger partial charge in [-0.05, 0) is 38.5 Å². The first-order valence-corrected chi connectivity index (χ1v) is 8.79. The van der Waals surface area contributed by atoms with E-state index in [0.29, 0.717) is 17.2 Å². The van der Waals surface area contributed by atoms with Gasteiger partial charge in [-0.3, -0.25) is 4.98 Å². The molecule has 4 nitrogen and oxygen atoms in total. The molecule has 0 aliphatic heterocycles. The van der Waals surface area contributed by atoms with Gasteiger partial charge in [0, 0.05) is 24.6 Å². The minimum Gasteiger partial charge on any atom is -0.385 e. The van der Waals surface area contributed by atoms with E-state index in [0.717, 1.165) is 11.1 Å². The van der Waals surface area contributed by atoms with Gasteiger partial charge in [-0.1, -0.05) is 24.3 Å². The molecule has 2 N–H and O–H groups in total. The van der Waals surface area contributed by atoms with Crippen LogP contribution in [0.2, 0.25) is 0 Å². The smallest absolute Gasteiger partial charge is 0.141 e. The topological polar surface area (TPSA) is 61.8 Å². The standard InChI is InChI=1S/C21H23F2N3O/c1-20(2,23)10-17-13-25-19(26-17)11-21(3,27)15-6-4-14(5-7-15)18-9-8-16(22)12-24-18/h4-9,12-13,27H,10-11H2,1-3H3,(H,25,26). The van der Waals surface area contributed by atoms with Gasteiger partial charge in [-0.25, -0.2) is 13.8 Å². The number of aromatic nitrogens is 3. The highest BCUT2D eigenvalue weighted by Gasteiger charge is 2.26. The summed E-state index contributed by atoms with van der Waals surface area (Å²) in [6.45, 7) is 4.73. The molecule has 6 heteroatoms. The summed E-state index contributed by atoms with van der Waals surface area (Å²) in [7, 11) is 0. The summed E-state index contributed by atoms with van der Waals surface area (Å²) in [6.07, 6.45) is 3.33. The summed E-state index contributed by atoms with van der Waals surface area (Å²) < 4.78 is 26.8. The fourth-order valence-electron chi connectivity index (χ4n) is 2.99. The molecular weight excluding hydrogens is 348 g/mol. The summed E-state index contributed by atoms with van der Waals surface area (Å²) in [5, 5.41) is 10.9. The van der Waals surface area contributed by atoms with Crippen molar-refractivity contribution < 1.29 is 13.9 Å². The number of nitrogens with zero attached hydrogens (tertiary/aromatic N) is 2. The second kappa shape index (κ2) is 7.19. The molecule has 0 saturated carbocycles. The number of benzene rings is 1. The van der Waals surface area contributed by atoms with Crippen LogP contribution in [0.5, 0.6) is 0 Å². The monoisotopic (exact) mass is 371 g/mol. The first kappa shape index (κ1) is 19.2. The molecule has 0 aliphatic carbocycles. The third-order valence-electron chi connectivity index (χ3n) is 4.33. The molecule has 3 aromatic rings. The van der Waals surface area contributed by atoms with Crippen molar-refractivity contribution in [1.82, 2.24) is 15.0 Å². The zero-order valence-electron chi connectivity index (χ0n) is 15.6. The predicted molar refractivity (Wildman–Crippen MR) is 100 cm³/mol. The molecule has 0 aliphatic rings. The molecule has 1 atom stereocenters. The van der Waals surface area contributed by atoms with Crippen LogP contribution in [-0.2, 0) is 18.4 Å². The van der Waals surface area contributed by atoms with E-state index < -0.39 is 11.3 Å². The molecule has 2 heterocycles. The van der Waals surface area contributed by atoms with Crippen LogP contribution >= 0.6 is 0 Å². The zero-order chi connectivity index (χ0) is 19.7. The van der Waals surface area contributed by atoms with Crippen molar-refractivity contribution in [2.75, 3.05) is 0 Å². The van der Waals surface area contributed by atoms with Crippen LogP contribution in [0.25, 0.3) is 11.3 Å². The molecule has 0 bridgehead atoms. The van der Waals surface area contributed by atoms with Crippen LogP contribution in [0, 0.1) is 5.82 Å². The summed E-state index contributed by atoms with van der Waals surface area (Å²) in [5.41, 5.74) is 0.365. The van der Waals surface area contributed by atoms with E-state index in [4.69, 9.17) is 0 Å². The highest BCUT2D eigenvalue weighted by atomic mass is 19.1. The van der Waals surface area contributed by atoms with Crippen molar-refractivity contribution in [1.29, 1.82) is 0 Å². The Bertz CT molecular complexity index is 894. The number of imidazole rings is 1. The second-order valence-electron chi connectivity index (χ2n) is 7.62. The number of aliphatic hydroxyl groups is 1. The van der Waals surface area contributed by atoms with Gasteiger partial charge < -0.3 is 10.1 Å². The molecule has 1 aromatic carbocycles. The van der Waals surface area contributed by atoms with E-state index in [1.54, 1.807) is 19.2 Å². The number of pyridine rings is 1. The van der Waals surface area contributed by atoms with Crippen molar-refractivity contribution in [3.8, 4) is 11.3 Å². The average Bonchev–Trinajstić information content (AvgIpc) is 3.00. The highest BCUT2D eigenvalue weighted by Crippen LogP contribution is 2.27. The molecule has 142 valence electrons. The van der Waals surface area contributed by atoms with Crippen molar-refractivity contribution in [3.63, 3.8) is 0 Å². The van der Waals surface area contributed by atoms with Crippen molar-refractivity contribution in [2.24, 2.45) is 0 Å². The Kier molecular flexibility index (Phi) is 5.11. The average molecular weight is 371 g/mol. The van der Waals surface area contributed by atoms with Gasteiger partial charge in [-0.2, -0.15) is 0 Å². The fourth-order valence-corrected chi connectivity index (χ4v) is 2.99. The minimum atomic E-state index is -1.33. The number of hydrogen-bond acceptors (Lipinski definition) is 3. The van der Waals surface area contributed by atoms with Crippen molar-refractivity contribution >= 4 is 0 Å². The molecule has 3 rings (SSSR count). The molecule has 0 fully saturated rings.